The van der Waals surface area contributed by atoms with Crippen molar-refractivity contribution in [2.45, 2.75) is 46.6 Å². The molecule has 4 rings (SSSR count). The SMILES string of the molecule is CCCCc1nc2c(C)c(Br)c(C)nc2n1Cc1ccc(-c2ccccc2C#N)cc1. The Balaban J connectivity index is 1.73. The van der Waals surface area contributed by atoms with E-state index < -0.39 is 0 Å². The van der Waals surface area contributed by atoms with Crippen molar-refractivity contribution < 1.29 is 0 Å². The van der Waals surface area contributed by atoms with Crippen molar-refractivity contribution in [3.63, 3.8) is 0 Å². The molecule has 0 radical (unpaired) electrons. The van der Waals surface area contributed by atoms with Gasteiger partial charge in [0, 0.05) is 10.9 Å². The number of pyridine rings is 1. The van der Waals surface area contributed by atoms with E-state index >= 15 is 0 Å². The minimum atomic E-state index is 0.693. The first-order valence-corrected chi connectivity index (χ1v) is 11.4. The van der Waals surface area contributed by atoms with Crippen LogP contribution < -0.4 is 0 Å². The van der Waals surface area contributed by atoms with Crippen molar-refractivity contribution in [2.24, 2.45) is 0 Å². The lowest BCUT2D eigenvalue weighted by atomic mass is 9.99. The molecule has 4 nitrogen and oxygen atoms in total. The van der Waals surface area contributed by atoms with Crippen molar-refractivity contribution in [1.29, 1.82) is 5.26 Å². The Hall–Kier alpha value is -2.97. The fourth-order valence-electron chi connectivity index (χ4n) is 3.93. The van der Waals surface area contributed by atoms with Gasteiger partial charge in [-0.25, -0.2) is 9.97 Å². The van der Waals surface area contributed by atoms with Gasteiger partial charge in [0.25, 0.3) is 0 Å². The fourth-order valence-corrected chi connectivity index (χ4v) is 4.21. The first kappa shape index (κ1) is 21.3. The predicted molar refractivity (Wildman–Crippen MR) is 129 cm³/mol. The number of aryl methyl sites for hydroxylation is 3. The fraction of sp³-hybridized carbons (Fsp3) is 0.269. The molecule has 0 spiro atoms. The maximum absolute atomic E-state index is 9.40. The normalized spacial score (nSPS) is 11.1. The van der Waals surface area contributed by atoms with Crippen LogP contribution in [0.2, 0.25) is 0 Å². The first-order chi connectivity index (χ1) is 15.0. The lowest BCUT2D eigenvalue weighted by Gasteiger charge is -2.11. The van der Waals surface area contributed by atoms with Crippen LogP contribution in [0.25, 0.3) is 22.3 Å². The highest BCUT2D eigenvalue weighted by Gasteiger charge is 2.17. The van der Waals surface area contributed by atoms with Gasteiger partial charge in [-0.05, 0) is 64.5 Å². The summed E-state index contributed by atoms with van der Waals surface area (Å²) in [5.41, 5.74) is 7.95. The van der Waals surface area contributed by atoms with Crippen LogP contribution in [0.4, 0.5) is 0 Å². The summed E-state index contributed by atoms with van der Waals surface area (Å²) in [4.78, 5) is 9.84. The van der Waals surface area contributed by atoms with E-state index in [0.29, 0.717) is 5.56 Å². The second-order valence-electron chi connectivity index (χ2n) is 7.88. The molecular weight excluding hydrogens is 448 g/mol. The topological polar surface area (TPSA) is 54.5 Å². The molecule has 0 fully saturated rings. The average Bonchev–Trinajstić information content (AvgIpc) is 3.13. The average molecular weight is 473 g/mol. The van der Waals surface area contributed by atoms with Crippen LogP contribution in [-0.4, -0.2) is 14.5 Å². The van der Waals surface area contributed by atoms with Gasteiger partial charge in [-0.15, -0.1) is 0 Å². The summed E-state index contributed by atoms with van der Waals surface area (Å²) in [6, 6.07) is 18.5. The predicted octanol–water partition coefficient (Wildman–Crippen LogP) is 6.74. The van der Waals surface area contributed by atoms with Gasteiger partial charge < -0.3 is 4.57 Å². The Kier molecular flexibility index (Phi) is 6.20. The van der Waals surface area contributed by atoms with E-state index in [9.17, 15) is 5.26 Å². The van der Waals surface area contributed by atoms with Gasteiger partial charge in [0.2, 0.25) is 0 Å². The van der Waals surface area contributed by atoms with Crippen LogP contribution in [-0.2, 0) is 13.0 Å². The van der Waals surface area contributed by atoms with Crippen molar-refractivity contribution in [2.75, 3.05) is 0 Å². The molecule has 156 valence electrons. The minimum Gasteiger partial charge on any atom is -0.308 e. The standard InChI is InChI=1S/C26H25BrN4/c1-4-5-10-23-30-25-17(2)24(27)18(3)29-26(25)31(23)16-19-11-13-20(14-12-19)22-9-7-6-8-21(22)15-28/h6-9,11-14H,4-5,10,16H2,1-3H3. The van der Waals surface area contributed by atoms with Crippen molar-refractivity contribution in [3.05, 3.63) is 81.2 Å². The number of nitrogens with zero attached hydrogens (tertiary/aromatic N) is 4. The molecule has 4 aromatic rings. The number of hydrogen-bond acceptors (Lipinski definition) is 3. The minimum absolute atomic E-state index is 0.693. The molecule has 2 heterocycles. The van der Waals surface area contributed by atoms with E-state index in [1.54, 1.807) is 0 Å². The third kappa shape index (κ3) is 4.13. The molecule has 2 aromatic carbocycles. The van der Waals surface area contributed by atoms with Crippen LogP contribution in [0, 0.1) is 25.2 Å². The maximum atomic E-state index is 9.40. The largest absolute Gasteiger partial charge is 0.308 e. The Bertz CT molecular complexity index is 1280. The molecule has 0 atom stereocenters. The summed E-state index contributed by atoms with van der Waals surface area (Å²) in [7, 11) is 0. The van der Waals surface area contributed by atoms with E-state index in [2.05, 4.69) is 64.7 Å². The molecule has 0 saturated heterocycles. The van der Waals surface area contributed by atoms with Gasteiger partial charge >= 0.3 is 0 Å². The molecule has 0 amide bonds. The van der Waals surface area contributed by atoms with Gasteiger partial charge in [0.1, 0.15) is 11.3 Å². The Morgan fingerprint density at radius 2 is 1.77 bits per heavy atom. The van der Waals surface area contributed by atoms with Crippen LogP contribution in [0.3, 0.4) is 0 Å². The highest BCUT2D eigenvalue weighted by Crippen LogP contribution is 2.29. The van der Waals surface area contributed by atoms with Gasteiger partial charge in [0.05, 0.1) is 23.9 Å². The summed E-state index contributed by atoms with van der Waals surface area (Å²) >= 11 is 3.66. The van der Waals surface area contributed by atoms with E-state index in [0.717, 1.165) is 69.7 Å². The van der Waals surface area contributed by atoms with Gasteiger partial charge in [0.15, 0.2) is 5.65 Å². The molecule has 0 unspecified atom stereocenters. The number of fused-ring (bicyclic) bond motifs is 1. The third-order valence-electron chi connectivity index (χ3n) is 5.70. The second kappa shape index (κ2) is 9.03. The van der Waals surface area contributed by atoms with Crippen LogP contribution in [0.1, 0.15) is 48.0 Å². The molecule has 0 aliphatic carbocycles. The Morgan fingerprint density at radius 3 is 2.48 bits per heavy atom. The van der Waals surface area contributed by atoms with Gasteiger partial charge in [-0.3, -0.25) is 0 Å². The molecule has 0 saturated carbocycles. The third-order valence-corrected chi connectivity index (χ3v) is 6.87. The van der Waals surface area contributed by atoms with E-state index in [1.807, 2.05) is 31.2 Å². The van der Waals surface area contributed by atoms with Gasteiger partial charge in [-0.1, -0.05) is 55.8 Å². The van der Waals surface area contributed by atoms with Crippen molar-refractivity contribution in [1.82, 2.24) is 14.5 Å². The summed E-state index contributed by atoms with van der Waals surface area (Å²) in [6.45, 7) is 7.06. The Labute approximate surface area is 191 Å². The molecule has 0 aliphatic heterocycles. The summed E-state index contributed by atoms with van der Waals surface area (Å²) in [5.74, 6) is 1.09. The number of unbranched alkanes of at least 4 members (excludes halogenated alkanes) is 1. The molecule has 0 bridgehead atoms. The smallest absolute Gasteiger partial charge is 0.160 e. The number of imidazole rings is 1. The van der Waals surface area contributed by atoms with Crippen molar-refractivity contribution in [3.8, 4) is 17.2 Å². The number of nitriles is 1. The first-order valence-electron chi connectivity index (χ1n) is 10.6. The summed E-state index contributed by atoms with van der Waals surface area (Å²) in [6.07, 6.45) is 3.17. The zero-order valence-corrected chi connectivity index (χ0v) is 19.7. The number of halogens is 1. The molecular formula is C26H25BrN4. The molecule has 0 N–H and O–H groups in total. The lowest BCUT2D eigenvalue weighted by molar-refractivity contribution is 0.686. The molecule has 5 heteroatoms. The van der Waals surface area contributed by atoms with Crippen molar-refractivity contribution >= 4 is 27.1 Å². The maximum Gasteiger partial charge on any atom is 0.160 e. The van der Waals surface area contributed by atoms with Crippen LogP contribution in [0.15, 0.2) is 53.0 Å². The van der Waals surface area contributed by atoms with E-state index in [4.69, 9.17) is 9.97 Å². The molecule has 31 heavy (non-hydrogen) atoms. The highest BCUT2D eigenvalue weighted by atomic mass is 79.9. The summed E-state index contributed by atoms with van der Waals surface area (Å²) in [5, 5.41) is 9.40. The molecule has 2 aromatic heterocycles. The van der Waals surface area contributed by atoms with Gasteiger partial charge in [-0.2, -0.15) is 5.26 Å². The van der Waals surface area contributed by atoms with E-state index in [1.165, 1.54) is 5.56 Å². The zero-order chi connectivity index (χ0) is 22.0. The Morgan fingerprint density at radius 1 is 1.03 bits per heavy atom. The second-order valence-corrected chi connectivity index (χ2v) is 8.67. The number of aromatic nitrogens is 3. The monoisotopic (exact) mass is 472 g/mol. The quantitative estimate of drug-likeness (QED) is 0.312. The number of hydrogen-bond donors (Lipinski definition) is 0. The zero-order valence-electron chi connectivity index (χ0n) is 18.1. The summed E-state index contributed by atoms with van der Waals surface area (Å²) < 4.78 is 3.29. The van der Waals surface area contributed by atoms with Crippen LogP contribution in [0.5, 0.6) is 0 Å². The highest BCUT2D eigenvalue weighted by molar-refractivity contribution is 9.10. The lowest BCUT2D eigenvalue weighted by Crippen LogP contribution is -2.06. The van der Waals surface area contributed by atoms with Crippen LogP contribution >= 0.6 is 15.9 Å². The number of rotatable bonds is 6. The van der Waals surface area contributed by atoms with E-state index in [-0.39, 0.29) is 0 Å². The molecule has 0 aliphatic rings. The number of benzene rings is 2.